The van der Waals surface area contributed by atoms with Crippen LogP contribution in [-0.4, -0.2) is 88.7 Å². The summed E-state index contributed by atoms with van der Waals surface area (Å²) in [5.41, 5.74) is 3.26. The molecule has 1 N–H and O–H groups in total. The number of ether oxygens (including phenoxy) is 1. The summed E-state index contributed by atoms with van der Waals surface area (Å²) in [4.78, 5) is 32.2. The summed E-state index contributed by atoms with van der Waals surface area (Å²) < 4.78 is 19.1. The van der Waals surface area contributed by atoms with Gasteiger partial charge in [0.2, 0.25) is 0 Å². The highest BCUT2D eigenvalue weighted by Gasteiger charge is 2.41. The van der Waals surface area contributed by atoms with Crippen molar-refractivity contribution >= 4 is 11.8 Å². The number of β-amino-alcohol motifs (C(OH)–C–C–N with tert-alkyl or cyclic N) is 1. The lowest BCUT2D eigenvalue weighted by molar-refractivity contribution is -0.0137. The molecule has 4 heterocycles. The van der Waals surface area contributed by atoms with E-state index in [2.05, 4.69) is 4.90 Å². The van der Waals surface area contributed by atoms with E-state index in [-0.39, 0.29) is 42.3 Å². The highest BCUT2D eigenvalue weighted by atomic mass is 19.1. The van der Waals surface area contributed by atoms with Crippen LogP contribution in [0.1, 0.15) is 51.1 Å². The van der Waals surface area contributed by atoms with Crippen LogP contribution in [0.25, 0.3) is 0 Å². The zero-order chi connectivity index (χ0) is 24.8. The molecule has 6 rings (SSSR count). The molecule has 7 nitrogen and oxygen atoms in total. The van der Waals surface area contributed by atoms with Crippen LogP contribution in [0.15, 0.2) is 42.5 Å². The molecule has 4 atom stereocenters. The van der Waals surface area contributed by atoms with Gasteiger partial charge in [-0.3, -0.25) is 14.5 Å². The number of nitrogens with zero attached hydrogens (tertiary/aromatic N) is 3. The topological polar surface area (TPSA) is 73.3 Å². The first-order valence-electron chi connectivity index (χ1n) is 13.0. The van der Waals surface area contributed by atoms with Gasteiger partial charge in [-0.05, 0) is 73.2 Å². The van der Waals surface area contributed by atoms with E-state index in [1.54, 1.807) is 35.2 Å². The van der Waals surface area contributed by atoms with Crippen LogP contribution >= 0.6 is 0 Å². The number of carbonyl (C=O) groups excluding carboxylic acids is 2. The average molecular weight is 494 g/mol. The molecule has 8 heteroatoms. The second-order valence-electron chi connectivity index (χ2n) is 10.5. The Labute approximate surface area is 210 Å². The monoisotopic (exact) mass is 493 g/mol. The Bertz CT molecular complexity index is 1140. The van der Waals surface area contributed by atoms with Gasteiger partial charge < -0.3 is 19.6 Å². The lowest BCUT2D eigenvalue weighted by Crippen LogP contribution is -2.56. The van der Waals surface area contributed by atoms with Gasteiger partial charge in [0.1, 0.15) is 5.82 Å². The molecule has 3 fully saturated rings. The maximum Gasteiger partial charge on any atom is 0.254 e. The van der Waals surface area contributed by atoms with Crippen LogP contribution in [0.5, 0.6) is 0 Å². The fourth-order valence-corrected chi connectivity index (χ4v) is 6.40. The average Bonchev–Trinajstić information content (AvgIpc) is 3.15. The molecule has 4 aliphatic rings. The first-order chi connectivity index (χ1) is 17.5. The Morgan fingerprint density at radius 1 is 0.889 bits per heavy atom. The highest BCUT2D eigenvalue weighted by Crippen LogP contribution is 2.31. The summed E-state index contributed by atoms with van der Waals surface area (Å²) in [6, 6.07) is 12.1. The number of benzene rings is 2. The molecule has 2 aromatic rings. The quantitative estimate of drug-likeness (QED) is 0.711. The minimum Gasteiger partial charge on any atom is -0.390 e. The van der Waals surface area contributed by atoms with Crippen molar-refractivity contribution in [3.05, 3.63) is 70.5 Å². The molecule has 0 aromatic heterocycles. The van der Waals surface area contributed by atoms with Crippen molar-refractivity contribution < 1.29 is 23.8 Å². The van der Waals surface area contributed by atoms with Crippen molar-refractivity contribution in [2.45, 2.75) is 56.5 Å². The summed E-state index contributed by atoms with van der Waals surface area (Å²) >= 11 is 0. The first-order valence-corrected chi connectivity index (χ1v) is 13.0. The third-order valence-electron chi connectivity index (χ3n) is 8.37. The van der Waals surface area contributed by atoms with Crippen molar-refractivity contribution in [2.24, 2.45) is 0 Å². The highest BCUT2D eigenvalue weighted by molar-refractivity contribution is 5.98. The molecule has 2 amide bonds. The number of rotatable bonds is 3. The van der Waals surface area contributed by atoms with E-state index < -0.39 is 6.10 Å². The van der Waals surface area contributed by atoms with E-state index in [1.165, 1.54) is 6.07 Å². The molecule has 4 aliphatic heterocycles. The number of fused-ring (bicyclic) bond motifs is 3. The zero-order valence-corrected chi connectivity index (χ0v) is 20.3. The van der Waals surface area contributed by atoms with Gasteiger partial charge in [0.25, 0.3) is 11.8 Å². The Morgan fingerprint density at radius 2 is 1.58 bits per heavy atom. The van der Waals surface area contributed by atoms with Crippen LogP contribution in [0.2, 0.25) is 0 Å². The molecule has 2 bridgehead atoms. The maximum atomic E-state index is 13.5. The van der Waals surface area contributed by atoms with Crippen LogP contribution in [0.4, 0.5) is 4.39 Å². The van der Waals surface area contributed by atoms with Gasteiger partial charge in [-0.2, -0.15) is 0 Å². The Kier molecular flexibility index (Phi) is 6.27. The minimum atomic E-state index is -0.651. The predicted octanol–water partition coefficient (Wildman–Crippen LogP) is 2.46. The minimum absolute atomic E-state index is 0.00637. The number of hydrogen-bond donors (Lipinski definition) is 1. The summed E-state index contributed by atoms with van der Waals surface area (Å²) in [6.45, 7) is 3.48. The smallest absolute Gasteiger partial charge is 0.254 e. The zero-order valence-electron chi connectivity index (χ0n) is 20.3. The number of piperidine rings is 1. The summed E-state index contributed by atoms with van der Waals surface area (Å²) in [6.07, 6.45) is 2.75. The lowest BCUT2D eigenvalue weighted by atomic mass is 9.93. The third-order valence-corrected chi connectivity index (χ3v) is 8.37. The maximum absolute atomic E-state index is 13.5. The molecule has 190 valence electrons. The molecule has 2 aromatic carbocycles. The van der Waals surface area contributed by atoms with E-state index in [0.29, 0.717) is 43.9 Å². The van der Waals surface area contributed by atoms with Crippen molar-refractivity contribution in [1.82, 2.24) is 14.7 Å². The summed E-state index contributed by atoms with van der Waals surface area (Å²) in [5, 5.41) is 10.9. The van der Waals surface area contributed by atoms with Crippen molar-refractivity contribution in [3.8, 4) is 0 Å². The second-order valence-corrected chi connectivity index (χ2v) is 10.5. The van der Waals surface area contributed by atoms with Crippen molar-refractivity contribution in [1.29, 1.82) is 0 Å². The Morgan fingerprint density at radius 3 is 2.28 bits per heavy atom. The summed E-state index contributed by atoms with van der Waals surface area (Å²) in [5.74, 6) is -0.330. The number of aliphatic hydroxyl groups is 1. The van der Waals surface area contributed by atoms with E-state index in [4.69, 9.17) is 4.74 Å². The van der Waals surface area contributed by atoms with Gasteiger partial charge >= 0.3 is 0 Å². The lowest BCUT2D eigenvalue weighted by Gasteiger charge is -2.43. The molecule has 0 radical (unpaired) electrons. The largest absolute Gasteiger partial charge is 0.390 e. The second kappa shape index (κ2) is 9.57. The van der Waals surface area contributed by atoms with E-state index in [1.807, 2.05) is 11.0 Å². The van der Waals surface area contributed by atoms with Gasteiger partial charge in [0.15, 0.2) is 0 Å². The van der Waals surface area contributed by atoms with Gasteiger partial charge in [0.05, 0.1) is 31.4 Å². The molecular formula is C28H32FN3O4. The van der Waals surface area contributed by atoms with Gasteiger partial charge in [0, 0.05) is 43.3 Å². The van der Waals surface area contributed by atoms with Crippen LogP contribution in [0.3, 0.4) is 0 Å². The van der Waals surface area contributed by atoms with E-state index in [0.717, 1.165) is 36.9 Å². The third kappa shape index (κ3) is 4.31. The van der Waals surface area contributed by atoms with Gasteiger partial charge in [-0.25, -0.2) is 4.39 Å². The van der Waals surface area contributed by atoms with Gasteiger partial charge in [-0.1, -0.05) is 6.07 Å². The van der Waals surface area contributed by atoms with Crippen LogP contribution in [0, 0.1) is 5.82 Å². The molecule has 36 heavy (non-hydrogen) atoms. The van der Waals surface area contributed by atoms with Crippen molar-refractivity contribution in [2.75, 3.05) is 32.8 Å². The standard InChI is InChI=1S/C28H32FN3O4/c29-22-6-5-21-14-30(11-9-20(21)13-22)25-10-12-31(15-26(25)33)27(34)18-1-3-19(4-2-18)28(35)32-23-7-8-24(32)17-36-16-23/h1-6,13,23-26,33H,7-12,14-17H2/t23?,24?,25-,26-/m0/s1. The Balaban J connectivity index is 1.07. The SMILES string of the molecule is O=C(c1ccc(C(=O)N2C3CCC2COC3)cc1)N1CC[C@H](N2CCc3cc(F)ccc3C2)[C@@H](O)C1. The van der Waals surface area contributed by atoms with E-state index >= 15 is 0 Å². The molecule has 3 saturated heterocycles. The van der Waals surface area contributed by atoms with Crippen LogP contribution < -0.4 is 0 Å². The number of morpholine rings is 1. The van der Waals surface area contributed by atoms with Crippen LogP contribution in [-0.2, 0) is 17.7 Å². The fraction of sp³-hybridized carbons (Fsp3) is 0.500. The summed E-state index contributed by atoms with van der Waals surface area (Å²) in [7, 11) is 0. The normalized spacial score (nSPS) is 28.2. The predicted molar refractivity (Wildman–Crippen MR) is 131 cm³/mol. The number of aliphatic hydroxyl groups excluding tert-OH is 1. The first kappa shape index (κ1) is 23.6. The number of carbonyl (C=O) groups is 2. The van der Waals surface area contributed by atoms with Gasteiger partial charge in [-0.15, -0.1) is 0 Å². The molecule has 0 saturated carbocycles. The van der Waals surface area contributed by atoms with E-state index in [9.17, 15) is 19.1 Å². The molecule has 0 aliphatic carbocycles. The van der Waals surface area contributed by atoms with Crippen molar-refractivity contribution in [3.63, 3.8) is 0 Å². The number of amides is 2. The molecular weight excluding hydrogens is 461 g/mol. The Hall–Kier alpha value is -2.81. The number of likely N-dealkylation sites (tertiary alicyclic amines) is 1. The fourth-order valence-electron chi connectivity index (χ4n) is 6.40. The molecule has 2 unspecified atom stereocenters. The molecule has 0 spiro atoms. The number of halogens is 1. The number of hydrogen-bond acceptors (Lipinski definition) is 5.